The molecule has 3 rings (SSSR count). The number of aryl methyl sites for hydroxylation is 1. The quantitative estimate of drug-likeness (QED) is 0.757. The summed E-state index contributed by atoms with van der Waals surface area (Å²) in [5.41, 5.74) is 4.56. The Morgan fingerprint density at radius 3 is 2.94 bits per heavy atom. The standard InChI is InChI=1S/C15H14N2S/c1-11-8-15(16-9-12-6-7-18-10-12)13-4-2-3-5-14(13)17-11/h2-8,10H,9H2,1H3,(H,16,17). The van der Waals surface area contributed by atoms with E-state index in [1.165, 1.54) is 10.9 Å². The number of hydrogen-bond donors (Lipinski definition) is 1. The van der Waals surface area contributed by atoms with Gasteiger partial charge >= 0.3 is 0 Å². The molecule has 0 saturated carbocycles. The van der Waals surface area contributed by atoms with Crippen LogP contribution in [0.2, 0.25) is 0 Å². The van der Waals surface area contributed by atoms with Crippen molar-refractivity contribution >= 4 is 27.9 Å². The van der Waals surface area contributed by atoms with Crippen LogP contribution in [0.1, 0.15) is 11.3 Å². The van der Waals surface area contributed by atoms with E-state index in [1.54, 1.807) is 11.3 Å². The van der Waals surface area contributed by atoms with Gasteiger partial charge in [-0.1, -0.05) is 18.2 Å². The maximum atomic E-state index is 4.54. The fraction of sp³-hybridized carbons (Fsp3) is 0.133. The average Bonchev–Trinajstić information content (AvgIpc) is 2.89. The van der Waals surface area contributed by atoms with Gasteiger partial charge in [0.1, 0.15) is 0 Å². The molecule has 0 spiro atoms. The summed E-state index contributed by atoms with van der Waals surface area (Å²) in [6, 6.07) is 12.5. The van der Waals surface area contributed by atoms with E-state index < -0.39 is 0 Å². The molecular formula is C15H14N2S. The van der Waals surface area contributed by atoms with Crippen molar-refractivity contribution in [1.82, 2.24) is 4.98 Å². The van der Waals surface area contributed by atoms with Crippen molar-refractivity contribution in [2.24, 2.45) is 0 Å². The van der Waals surface area contributed by atoms with Crippen molar-refractivity contribution < 1.29 is 0 Å². The van der Waals surface area contributed by atoms with Crippen molar-refractivity contribution in [2.45, 2.75) is 13.5 Å². The van der Waals surface area contributed by atoms with Gasteiger partial charge in [-0.3, -0.25) is 4.98 Å². The Hall–Kier alpha value is -1.87. The van der Waals surface area contributed by atoms with Crippen LogP contribution in [0, 0.1) is 6.92 Å². The SMILES string of the molecule is Cc1cc(NCc2ccsc2)c2ccccc2n1. The zero-order chi connectivity index (χ0) is 12.4. The van der Waals surface area contributed by atoms with Gasteiger partial charge in [-0.2, -0.15) is 11.3 Å². The van der Waals surface area contributed by atoms with E-state index in [4.69, 9.17) is 0 Å². The number of thiophene rings is 1. The molecule has 1 N–H and O–H groups in total. The highest BCUT2D eigenvalue weighted by molar-refractivity contribution is 7.07. The zero-order valence-electron chi connectivity index (χ0n) is 10.2. The minimum Gasteiger partial charge on any atom is -0.380 e. The first kappa shape index (κ1) is 11.2. The lowest BCUT2D eigenvalue weighted by Crippen LogP contribution is -2.00. The van der Waals surface area contributed by atoms with Crippen molar-refractivity contribution in [2.75, 3.05) is 5.32 Å². The smallest absolute Gasteiger partial charge is 0.0725 e. The Morgan fingerprint density at radius 2 is 2.11 bits per heavy atom. The summed E-state index contributed by atoms with van der Waals surface area (Å²) in [4.78, 5) is 4.54. The molecule has 1 aromatic carbocycles. The summed E-state index contributed by atoms with van der Waals surface area (Å²) >= 11 is 1.73. The minimum absolute atomic E-state index is 0.858. The first-order valence-corrected chi connectivity index (χ1v) is 6.88. The van der Waals surface area contributed by atoms with Gasteiger partial charge in [-0.05, 0) is 41.4 Å². The summed E-state index contributed by atoms with van der Waals surface area (Å²) in [5.74, 6) is 0. The van der Waals surface area contributed by atoms with Crippen LogP contribution in [0.15, 0.2) is 47.2 Å². The average molecular weight is 254 g/mol. The first-order chi connectivity index (χ1) is 8.83. The van der Waals surface area contributed by atoms with Gasteiger partial charge in [0.2, 0.25) is 0 Å². The summed E-state index contributed by atoms with van der Waals surface area (Å²) in [6.07, 6.45) is 0. The summed E-state index contributed by atoms with van der Waals surface area (Å²) in [6.45, 7) is 2.89. The van der Waals surface area contributed by atoms with Crippen molar-refractivity contribution in [3.63, 3.8) is 0 Å². The molecule has 0 aliphatic rings. The first-order valence-electron chi connectivity index (χ1n) is 5.94. The molecular weight excluding hydrogens is 240 g/mol. The molecule has 3 heteroatoms. The Morgan fingerprint density at radius 1 is 1.22 bits per heavy atom. The fourth-order valence-electron chi connectivity index (χ4n) is 2.04. The number of nitrogens with one attached hydrogen (secondary N) is 1. The predicted molar refractivity (Wildman–Crippen MR) is 78.1 cm³/mol. The number of fused-ring (bicyclic) bond motifs is 1. The Labute approximate surface area is 110 Å². The highest BCUT2D eigenvalue weighted by atomic mass is 32.1. The number of hydrogen-bond acceptors (Lipinski definition) is 3. The lowest BCUT2D eigenvalue weighted by Gasteiger charge is -2.10. The molecule has 90 valence electrons. The molecule has 2 aromatic heterocycles. The molecule has 0 amide bonds. The van der Waals surface area contributed by atoms with Gasteiger partial charge in [-0.25, -0.2) is 0 Å². The van der Waals surface area contributed by atoms with Crippen LogP contribution in [-0.2, 0) is 6.54 Å². The molecule has 2 nitrogen and oxygen atoms in total. The van der Waals surface area contributed by atoms with E-state index in [1.807, 2.05) is 13.0 Å². The zero-order valence-corrected chi connectivity index (χ0v) is 11.0. The normalized spacial score (nSPS) is 10.7. The third-order valence-electron chi connectivity index (χ3n) is 2.91. The monoisotopic (exact) mass is 254 g/mol. The van der Waals surface area contributed by atoms with Gasteiger partial charge in [0.25, 0.3) is 0 Å². The Bertz CT molecular complexity index is 659. The van der Waals surface area contributed by atoms with Crippen LogP contribution >= 0.6 is 11.3 Å². The maximum Gasteiger partial charge on any atom is 0.0725 e. The molecule has 3 aromatic rings. The van der Waals surface area contributed by atoms with E-state index in [9.17, 15) is 0 Å². The molecule has 0 atom stereocenters. The number of anilines is 1. The second-order valence-electron chi connectivity index (χ2n) is 4.31. The van der Waals surface area contributed by atoms with E-state index >= 15 is 0 Å². The van der Waals surface area contributed by atoms with Crippen LogP contribution in [0.5, 0.6) is 0 Å². The number of nitrogens with zero attached hydrogens (tertiary/aromatic N) is 1. The highest BCUT2D eigenvalue weighted by Crippen LogP contribution is 2.23. The summed E-state index contributed by atoms with van der Waals surface area (Å²) in [7, 11) is 0. The maximum absolute atomic E-state index is 4.54. The number of pyridine rings is 1. The largest absolute Gasteiger partial charge is 0.380 e. The number of aromatic nitrogens is 1. The van der Waals surface area contributed by atoms with Crippen molar-refractivity contribution in [3.05, 3.63) is 58.4 Å². The van der Waals surface area contributed by atoms with Gasteiger partial charge in [0.15, 0.2) is 0 Å². The van der Waals surface area contributed by atoms with Crippen molar-refractivity contribution in [3.8, 4) is 0 Å². The Kier molecular flexibility index (Phi) is 2.99. The molecule has 0 radical (unpaired) electrons. The number of para-hydroxylation sites is 1. The van der Waals surface area contributed by atoms with Crippen LogP contribution in [0.3, 0.4) is 0 Å². The third-order valence-corrected chi connectivity index (χ3v) is 3.64. The van der Waals surface area contributed by atoms with Gasteiger partial charge in [-0.15, -0.1) is 0 Å². The molecule has 0 bridgehead atoms. The van der Waals surface area contributed by atoms with E-state index in [0.29, 0.717) is 0 Å². The van der Waals surface area contributed by atoms with Gasteiger partial charge < -0.3 is 5.32 Å². The van der Waals surface area contributed by atoms with Crippen LogP contribution in [0.4, 0.5) is 5.69 Å². The van der Waals surface area contributed by atoms with Crippen molar-refractivity contribution in [1.29, 1.82) is 0 Å². The lowest BCUT2D eigenvalue weighted by atomic mass is 10.1. The predicted octanol–water partition coefficient (Wildman–Crippen LogP) is 4.22. The molecule has 0 aliphatic heterocycles. The summed E-state index contributed by atoms with van der Waals surface area (Å²) < 4.78 is 0. The molecule has 2 heterocycles. The second kappa shape index (κ2) is 4.78. The molecule has 18 heavy (non-hydrogen) atoms. The van der Waals surface area contributed by atoms with E-state index in [2.05, 4.69) is 51.4 Å². The van der Waals surface area contributed by atoms with Gasteiger partial charge in [0.05, 0.1) is 5.52 Å². The topological polar surface area (TPSA) is 24.9 Å². The van der Waals surface area contributed by atoms with Gasteiger partial charge in [0, 0.05) is 23.3 Å². The number of benzene rings is 1. The molecule has 0 aliphatic carbocycles. The summed E-state index contributed by atoms with van der Waals surface area (Å²) in [5, 5.41) is 8.95. The lowest BCUT2D eigenvalue weighted by molar-refractivity contribution is 1.16. The minimum atomic E-state index is 0.858. The Balaban J connectivity index is 1.95. The molecule has 0 fully saturated rings. The molecule has 0 saturated heterocycles. The third kappa shape index (κ3) is 2.22. The van der Waals surface area contributed by atoms with E-state index in [0.717, 1.165) is 23.4 Å². The highest BCUT2D eigenvalue weighted by Gasteiger charge is 2.03. The van der Waals surface area contributed by atoms with Crippen LogP contribution < -0.4 is 5.32 Å². The van der Waals surface area contributed by atoms with E-state index in [-0.39, 0.29) is 0 Å². The molecule has 0 unspecified atom stereocenters. The fourth-order valence-corrected chi connectivity index (χ4v) is 2.71. The second-order valence-corrected chi connectivity index (χ2v) is 5.09. The van der Waals surface area contributed by atoms with Crippen LogP contribution in [-0.4, -0.2) is 4.98 Å². The van der Waals surface area contributed by atoms with Crippen LogP contribution in [0.25, 0.3) is 10.9 Å². The number of rotatable bonds is 3.